The molecular weight excluding hydrogens is 507 g/mol. The highest BCUT2D eigenvalue weighted by Crippen LogP contribution is 2.32. The van der Waals surface area contributed by atoms with E-state index in [-0.39, 0.29) is 37.0 Å². The third-order valence-electron chi connectivity index (χ3n) is 7.00. The van der Waals surface area contributed by atoms with Crippen molar-refractivity contribution in [3.8, 4) is 0 Å². The molecule has 3 atom stereocenters. The number of carbonyl (C=O) groups is 2. The molecule has 1 heterocycles. The van der Waals surface area contributed by atoms with Gasteiger partial charge in [-0.3, -0.25) is 9.59 Å². The second kappa shape index (κ2) is 11.2. The Labute approximate surface area is 214 Å². The maximum Gasteiger partial charge on any atom is 0.416 e. The molecule has 4 rings (SSSR count). The standard InChI is InChI=1S/C26H30F3N3O4S/c27-26(28,29)20-11-6-12-21(16-20)37(35,36)32-15-7-10-19(17-32)25(34)31-23-14-5-4-13-22(23)30-24(33)18-8-2-1-3-9-18/h1-3,6,8-9,11-12,16,19,22-23H,4-5,7,10,13-15,17H2,(H,30,33)(H,31,34)/t19-,22+,23+/m0/s1. The number of alkyl halides is 3. The Morgan fingerprint density at radius 1 is 0.865 bits per heavy atom. The van der Waals surface area contributed by atoms with Crippen molar-refractivity contribution in [3.63, 3.8) is 0 Å². The number of sulfonamides is 1. The molecule has 0 unspecified atom stereocenters. The van der Waals surface area contributed by atoms with Crippen LogP contribution >= 0.6 is 0 Å². The Hall–Kier alpha value is -2.92. The van der Waals surface area contributed by atoms with E-state index < -0.39 is 32.6 Å². The van der Waals surface area contributed by atoms with E-state index in [2.05, 4.69) is 10.6 Å². The molecule has 1 aliphatic heterocycles. The number of piperidine rings is 1. The van der Waals surface area contributed by atoms with Crippen molar-refractivity contribution in [2.45, 2.75) is 61.7 Å². The van der Waals surface area contributed by atoms with Crippen LogP contribution in [0.3, 0.4) is 0 Å². The highest BCUT2D eigenvalue weighted by Gasteiger charge is 2.37. The Kier molecular flexibility index (Phi) is 8.23. The van der Waals surface area contributed by atoms with Gasteiger partial charge in [-0.15, -0.1) is 0 Å². The summed E-state index contributed by atoms with van der Waals surface area (Å²) in [6, 6.07) is 11.9. The molecule has 1 saturated carbocycles. The van der Waals surface area contributed by atoms with Gasteiger partial charge in [0.15, 0.2) is 0 Å². The van der Waals surface area contributed by atoms with E-state index in [4.69, 9.17) is 0 Å². The number of carbonyl (C=O) groups excluding carboxylic acids is 2. The molecule has 0 bridgehead atoms. The van der Waals surface area contributed by atoms with E-state index in [0.29, 0.717) is 37.3 Å². The number of nitrogens with zero attached hydrogens (tertiary/aromatic N) is 1. The minimum atomic E-state index is -4.66. The molecule has 1 aliphatic carbocycles. The van der Waals surface area contributed by atoms with Crippen molar-refractivity contribution in [3.05, 3.63) is 65.7 Å². The van der Waals surface area contributed by atoms with Crippen molar-refractivity contribution < 1.29 is 31.2 Å². The zero-order chi connectivity index (χ0) is 26.6. The lowest BCUT2D eigenvalue weighted by atomic mass is 9.89. The molecule has 2 aliphatic rings. The quantitative estimate of drug-likeness (QED) is 0.583. The van der Waals surface area contributed by atoms with Crippen LogP contribution in [0.25, 0.3) is 0 Å². The van der Waals surface area contributed by atoms with Gasteiger partial charge in [0.2, 0.25) is 15.9 Å². The van der Waals surface area contributed by atoms with Crippen LogP contribution in [0.15, 0.2) is 59.5 Å². The van der Waals surface area contributed by atoms with Gasteiger partial charge in [-0.1, -0.05) is 37.1 Å². The smallest absolute Gasteiger partial charge is 0.351 e. The molecule has 0 spiro atoms. The summed E-state index contributed by atoms with van der Waals surface area (Å²) in [5, 5.41) is 6.03. The Morgan fingerprint density at radius 3 is 2.22 bits per heavy atom. The molecule has 200 valence electrons. The Balaban J connectivity index is 1.42. The fourth-order valence-electron chi connectivity index (χ4n) is 4.97. The molecule has 0 aromatic heterocycles. The summed E-state index contributed by atoms with van der Waals surface area (Å²) < 4.78 is 66.6. The average Bonchev–Trinajstić information content (AvgIpc) is 2.90. The second-order valence-electron chi connectivity index (χ2n) is 9.57. The van der Waals surface area contributed by atoms with E-state index in [0.717, 1.165) is 35.3 Å². The van der Waals surface area contributed by atoms with Gasteiger partial charge in [0, 0.05) is 30.7 Å². The van der Waals surface area contributed by atoms with Crippen LogP contribution in [0, 0.1) is 5.92 Å². The van der Waals surface area contributed by atoms with Crippen LogP contribution in [0.2, 0.25) is 0 Å². The molecule has 2 aromatic carbocycles. The fraction of sp³-hybridized carbons (Fsp3) is 0.462. The van der Waals surface area contributed by atoms with Crippen molar-refractivity contribution in [2.24, 2.45) is 5.92 Å². The van der Waals surface area contributed by atoms with Crippen LogP contribution in [-0.2, 0) is 21.0 Å². The number of amides is 2. The van der Waals surface area contributed by atoms with Gasteiger partial charge in [-0.25, -0.2) is 8.42 Å². The first-order valence-corrected chi connectivity index (χ1v) is 13.8. The largest absolute Gasteiger partial charge is 0.416 e. The first kappa shape index (κ1) is 27.1. The van der Waals surface area contributed by atoms with Crippen molar-refractivity contribution in [1.82, 2.24) is 14.9 Å². The summed E-state index contributed by atoms with van der Waals surface area (Å²) in [4.78, 5) is 25.4. The van der Waals surface area contributed by atoms with E-state index in [1.54, 1.807) is 24.3 Å². The number of rotatable bonds is 6. The number of benzene rings is 2. The molecule has 11 heteroatoms. The van der Waals surface area contributed by atoms with Crippen LogP contribution in [0.5, 0.6) is 0 Å². The van der Waals surface area contributed by atoms with Crippen LogP contribution in [-0.4, -0.2) is 49.7 Å². The number of hydrogen-bond acceptors (Lipinski definition) is 4. The van der Waals surface area contributed by atoms with Crippen LogP contribution in [0.4, 0.5) is 13.2 Å². The third kappa shape index (κ3) is 6.51. The van der Waals surface area contributed by atoms with Crippen molar-refractivity contribution >= 4 is 21.8 Å². The van der Waals surface area contributed by atoms with Gasteiger partial charge in [-0.2, -0.15) is 17.5 Å². The molecule has 1 saturated heterocycles. The van der Waals surface area contributed by atoms with Crippen molar-refractivity contribution in [2.75, 3.05) is 13.1 Å². The summed E-state index contributed by atoms with van der Waals surface area (Å²) >= 11 is 0. The van der Waals surface area contributed by atoms with Gasteiger partial charge in [0.1, 0.15) is 0 Å². The van der Waals surface area contributed by atoms with E-state index in [1.807, 2.05) is 6.07 Å². The lowest BCUT2D eigenvalue weighted by Gasteiger charge is -2.36. The van der Waals surface area contributed by atoms with Gasteiger partial charge in [0.05, 0.1) is 16.4 Å². The number of nitrogens with one attached hydrogen (secondary N) is 2. The lowest BCUT2D eigenvalue weighted by Crippen LogP contribution is -2.55. The minimum absolute atomic E-state index is 0.113. The molecule has 37 heavy (non-hydrogen) atoms. The average molecular weight is 538 g/mol. The summed E-state index contributed by atoms with van der Waals surface area (Å²) in [5.74, 6) is -1.17. The minimum Gasteiger partial charge on any atom is -0.351 e. The monoisotopic (exact) mass is 537 g/mol. The highest BCUT2D eigenvalue weighted by atomic mass is 32.2. The van der Waals surface area contributed by atoms with Gasteiger partial charge in [-0.05, 0) is 56.0 Å². The SMILES string of the molecule is O=C(N[C@@H]1CCCC[C@H]1NC(=O)[C@H]1CCCN(S(=O)(=O)c2cccc(C(F)(F)F)c2)C1)c1ccccc1. The van der Waals surface area contributed by atoms with Gasteiger partial charge < -0.3 is 10.6 Å². The highest BCUT2D eigenvalue weighted by molar-refractivity contribution is 7.89. The Morgan fingerprint density at radius 2 is 1.54 bits per heavy atom. The normalized spacial score (nSPS) is 23.3. The molecule has 2 aromatic rings. The predicted octanol–water partition coefficient (Wildman–Crippen LogP) is 3.96. The molecule has 7 nitrogen and oxygen atoms in total. The first-order valence-electron chi connectivity index (χ1n) is 12.4. The first-order chi connectivity index (χ1) is 17.6. The maximum atomic E-state index is 13.2. The molecule has 0 radical (unpaired) electrons. The summed E-state index contributed by atoms with van der Waals surface area (Å²) in [5.41, 5.74) is -0.512. The molecular formula is C26H30F3N3O4S. The maximum absolute atomic E-state index is 13.2. The van der Waals surface area contributed by atoms with Crippen LogP contribution in [0.1, 0.15) is 54.4 Å². The van der Waals surface area contributed by atoms with E-state index >= 15 is 0 Å². The zero-order valence-corrected chi connectivity index (χ0v) is 21.0. The second-order valence-corrected chi connectivity index (χ2v) is 11.5. The zero-order valence-electron chi connectivity index (χ0n) is 20.2. The van der Waals surface area contributed by atoms with Gasteiger partial charge in [0.25, 0.3) is 5.91 Å². The summed E-state index contributed by atoms with van der Waals surface area (Å²) in [6.07, 6.45) is -0.581. The fourth-order valence-corrected chi connectivity index (χ4v) is 6.55. The number of halogens is 3. The van der Waals surface area contributed by atoms with E-state index in [1.165, 1.54) is 0 Å². The summed E-state index contributed by atoms with van der Waals surface area (Å²) in [7, 11) is -4.21. The third-order valence-corrected chi connectivity index (χ3v) is 8.86. The van der Waals surface area contributed by atoms with Crippen molar-refractivity contribution in [1.29, 1.82) is 0 Å². The Bertz CT molecular complexity index is 1220. The van der Waals surface area contributed by atoms with Gasteiger partial charge >= 0.3 is 6.18 Å². The summed E-state index contributed by atoms with van der Waals surface area (Å²) in [6.45, 7) is 0.0136. The lowest BCUT2D eigenvalue weighted by molar-refractivity contribution is -0.137. The molecule has 2 amide bonds. The molecule has 2 fully saturated rings. The topological polar surface area (TPSA) is 95.6 Å². The predicted molar refractivity (Wildman–Crippen MR) is 131 cm³/mol. The molecule has 2 N–H and O–H groups in total. The van der Waals surface area contributed by atoms with E-state index in [9.17, 15) is 31.2 Å². The number of hydrogen-bond donors (Lipinski definition) is 2. The van der Waals surface area contributed by atoms with Crippen LogP contribution < -0.4 is 10.6 Å².